The van der Waals surface area contributed by atoms with Gasteiger partial charge in [0.15, 0.2) is 0 Å². The summed E-state index contributed by atoms with van der Waals surface area (Å²) in [7, 11) is 0. The highest BCUT2D eigenvalue weighted by molar-refractivity contribution is 14.0. The minimum atomic E-state index is 0. The van der Waals surface area contributed by atoms with E-state index in [9.17, 15) is 0 Å². The van der Waals surface area contributed by atoms with Gasteiger partial charge in [0.1, 0.15) is 0 Å². The van der Waals surface area contributed by atoms with Gasteiger partial charge in [0.25, 0.3) is 0 Å². The summed E-state index contributed by atoms with van der Waals surface area (Å²) in [6.45, 7) is 9.42. The van der Waals surface area contributed by atoms with Gasteiger partial charge in [-0.1, -0.05) is 25.1 Å². The summed E-state index contributed by atoms with van der Waals surface area (Å²) >= 11 is 1.91. The number of nitrogens with one attached hydrogen (secondary N) is 1. The smallest absolute Gasteiger partial charge is 0.0642 e. The van der Waals surface area contributed by atoms with Crippen LogP contribution in [0, 0.1) is 0 Å². The first-order valence-corrected chi connectivity index (χ1v) is 12.0. The summed E-state index contributed by atoms with van der Waals surface area (Å²) in [5.41, 5.74) is 6.60. The molecule has 2 saturated heterocycles. The summed E-state index contributed by atoms with van der Waals surface area (Å²) in [5.74, 6) is 0. The fourth-order valence-electron chi connectivity index (χ4n) is 4.42. The molecule has 3 heterocycles. The van der Waals surface area contributed by atoms with Gasteiger partial charge in [-0.25, -0.2) is 0 Å². The third-order valence-electron chi connectivity index (χ3n) is 6.17. The Hall–Kier alpha value is -1.16. The van der Waals surface area contributed by atoms with Crippen LogP contribution >= 0.6 is 35.7 Å². The molecule has 0 amide bonds. The van der Waals surface area contributed by atoms with Crippen molar-refractivity contribution in [1.29, 1.82) is 0 Å². The lowest BCUT2D eigenvalue weighted by molar-refractivity contribution is 0.122. The van der Waals surface area contributed by atoms with Crippen molar-refractivity contribution in [1.82, 2.24) is 0 Å². The molecule has 0 aliphatic carbocycles. The number of aryl methyl sites for hydroxylation is 1. The predicted molar refractivity (Wildman–Crippen MR) is 140 cm³/mol. The maximum atomic E-state index is 5.57. The molecule has 2 fully saturated rings. The van der Waals surface area contributed by atoms with E-state index in [1.165, 1.54) is 50.9 Å². The second-order valence-corrected chi connectivity index (χ2v) is 9.27. The molecule has 31 heavy (non-hydrogen) atoms. The van der Waals surface area contributed by atoms with E-state index in [4.69, 9.17) is 9.47 Å². The van der Waals surface area contributed by atoms with Crippen LogP contribution in [0.15, 0.2) is 40.1 Å². The van der Waals surface area contributed by atoms with Crippen LogP contribution in [0.5, 0.6) is 0 Å². The van der Waals surface area contributed by atoms with Crippen molar-refractivity contribution in [2.45, 2.75) is 36.0 Å². The maximum absolute atomic E-state index is 5.57. The molecule has 168 valence electrons. The predicted octanol–water partition coefficient (Wildman–Crippen LogP) is 5.53. The van der Waals surface area contributed by atoms with Crippen molar-refractivity contribution >= 4 is 58.5 Å². The van der Waals surface area contributed by atoms with Crippen LogP contribution in [0.2, 0.25) is 0 Å². The highest BCUT2D eigenvalue weighted by Crippen LogP contribution is 2.48. The van der Waals surface area contributed by atoms with E-state index in [1.807, 2.05) is 11.8 Å². The molecule has 0 saturated carbocycles. The second-order valence-electron chi connectivity index (χ2n) is 8.19. The van der Waals surface area contributed by atoms with Gasteiger partial charge in [-0.05, 0) is 48.7 Å². The van der Waals surface area contributed by atoms with Gasteiger partial charge in [0.05, 0.1) is 37.8 Å². The number of ether oxygens (including phenoxy) is 2. The number of hydrogen-bond donors (Lipinski definition) is 1. The van der Waals surface area contributed by atoms with Gasteiger partial charge in [-0.2, -0.15) is 0 Å². The molecule has 0 radical (unpaired) electrons. The number of unbranched alkanes of at least 4 members (excludes halogenated alkanes) is 1. The zero-order chi connectivity index (χ0) is 20.3. The van der Waals surface area contributed by atoms with E-state index in [2.05, 4.69) is 52.4 Å². The van der Waals surface area contributed by atoms with Gasteiger partial charge in [-0.15, -0.1) is 24.0 Å². The zero-order valence-corrected chi connectivity index (χ0v) is 21.3. The van der Waals surface area contributed by atoms with E-state index < -0.39 is 0 Å². The molecule has 5 nitrogen and oxygen atoms in total. The average molecular weight is 554 g/mol. The summed E-state index contributed by atoms with van der Waals surface area (Å²) < 4.78 is 11.1. The fourth-order valence-corrected chi connectivity index (χ4v) is 5.53. The van der Waals surface area contributed by atoms with Gasteiger partial charge >= 0.3 is 0 Å². The van der Waals surface area contributed by atoms with E-state index >= 15 is 0 Å². The minimum Gasteiger partial charge on any atom is -0.378 e. The zero-order valence-electron chi connectivity index (χ0n) is 18.2. The standard InChI is InChI=1S/C24H31N3O2S.HI/c1-2-3-4-18-15-20(27-9-13-29-14-10-27)17-23-24(18)25-21-6-5-19(16-22(21)30-23)26-7-11-28-12-8-26;/h5-6,15-17,25H,2-4,7-14H2,1H3;1H. The first-order valence-electron chi connectivity index (χ1n) is 11.2. The highest BCUT2D eigenvalue weighted by atomic mass is 127. The van der Waals surface area contributed by atoms with Gasteiger partial charge in [-0.3, -0.25) is 0 Å². The van der Waals surface area contributed by atoms with Gasteiger partial charge in [0.2, 0.25) is 0 Å². The van der Waals surface area contributed by atoms with Crippen molar-refractivity contribution in [3.05, 3.63) is 35.9 Å². The molecule has 0 spiro atoms. The summed E-state index contributed by atoms with van der Waals surface area (Å²) in [6, 6.07) is 11.6. The lowest BCUT2D eigenvalue weighted by Gasteiger charge is -2.32. The van der Waals surface area contributed by atoms with E-state index in [-0.39, 0.29) is 24.0 Å². The van der Waals surface area contributed by atoms with Crippen LogP contribution in [0.25, 0.3) is 0 Å². The van der Waals surface area contributed by atoms with Crippen molar-refractivity contribution in [3.63, 3.8) is 0 Å². The summed E-state index contributed by atoms with van der Waals surface area (Å²) in [4.78, 5) is 7.56. The SMILES string of the molecule is CCCCc1cc(N2CCOCC2)cc2c1Nc1ccc(N3CCOCC3)cc1S2.I. The number of benzene rings is 2. The molecule has 3 aliphatic rings. The highest BCUT2D eigenvalue weighted by Gasteiger charge is 2.23. The molecule has 5 rings (SSSR count). The molecular weight excluding hydrogens is 521 g/mol. The van der Waals surface area contributed by atoms with Crippen molar-refractivity contribution in [3.8, 4) is 0 Å². The maximum Gasteiger partial charge on any atom is 0.0642 e. The molecule has 2 aromatic rings. The topological polar surface area (TPSA) is 37.0 Å². The van der Waals surface area contributed by atoms with E-state index in [0.717, 1.165) is 59.0 Å². The van der Waals surface area contributed by atoms with Crippen molar-refractivity contribution in [2.24, 2.45) is 0 Å². The third-order valence-corrected chi connectivity index (χ3v) is 7.27. The van der Waals surface area contributed by atoms with Crippen LogP contribution in [0.4, 0.5) is 22.7 Å². The second kappa shape index (κ2) is 10.6. The number of fused-ring (bicyclic) bond motifs is 2. The van der Waals surface area contributed by atoms with Crippen molar-refractivity contribution < 1.29 is 9.47 Å². The largest absolute Gasteiger partial charge is 0.378 e. The van der Waals surface area contributed by atoms with E-state index in [1.54, 1.807) is 0 Å². The third kappa shape index (κ3) is 5.10. The van der Waals surface area contributed by atoms with Gasteiger partial charge in [0, 0.05) is 47.3 Å². The fraction of sp³-hybridized carbons (Fsp3) is 0.500. The van der Waals surface area contributed by atoms with Crippen LogP contribution < -0.4 is 15.1 Å². The first-order chi connectivity index (χ1) is 14.8. The number of halogens is 1. The van der Waals surface area contributed by atoms with Crippen LogP contribution in [0.1, 0.15) is 25.3 Å². The van der Waals surface area contributed by atoms with Crippen LogP contribution in [0.3, 0.4) is 0 Å². The summed E-state index contributed by atoms with van der Waals surface area (Å²) in [6.07, 6.45) is 3.54. The lowest BCUT2D eigenvalue weighted by atomic mass is 10.0. The van der Waals surface area contributed by atoms with Gasteiger partial charge < -0.3 is 24.6 Å². The van der Waals surface area contributed by atoms with E-state index in [0.29, 0.717) is 0 Å². The average Bonchev–Trinajstić information content (AvgIpc) is 2.82. The van der Waals surface area contributed by atoms with Crippen LogP contribution in [-0.2, 0) is 15.9 Å². The Kier molecular flexibility index (Phi) is 7.90. The Morgan fingerprint density at radius 2 is 1.52 bits per heavy atom. The minimum absolute atomic E-state index is 0. The summed E-state index contributed by atoms with van der Waals surface area (Å²) in [5, 5.41) is 3.77. The molecule has 0 aromatic heterocycles. The molecule has 0 bridgehead atoms. The molecule has 2 aromatic carbocycles. The Labute approximate surface area is 206 Å². The normalized spacial score (nSPS) is 18.0. The monoisotopic (exact) mass is 553 g/mol. The number of morpholine rings is 2. The molecule has 1 N–H and O–H groups in total. The van der Waals surface area contributed by atoms with Crippen molar-refractivity contribution in [2.75, 3.05) is 67.7 Å². The number of rotatable bonds is 5. The Balaban J connectivity index is 0.00000231. The number of hydrogen-bond acceptors (Lipinski definition) is 6. The Bertz CT molecular complexity index is 899. The molecule has 3 aliphatic heterocycles. The Morgan fingerprint density at radius 1 is 0.871 bits per heavy atom. The first kappa shape index (κ1) is 23.0. The number of anilines is 4. The number of nitrogens with zero attached hydrogens (tertiary/aromatic N) is 2. The molecular formula is C24H32IN3O2S. The quantitative estimate of drug-likeness (QED) is 0.419. The lowest BCUT2D eigenvalue weighted by Crippen LogP contribution is -2.36. The Morgan fingerprint density at radius 3 is 2.19 bits per heavy atom. The molecule has 7 heteroatoms. The molecule has 0 unspecified atom stereocenters. The molecule has 0 atom stereocenters. The van der Waals surface area contributed by atoms with Crippen LogP contribution in [-0.4, -0.2) is 52.6 Å².